The Hall–Kier alpha value is -1.02. The molecule has 1 atom stereocenters. The number of aliphatic hydroxyl groups is 1. The molecule has 2 rings (SSSR count). The summed E-state index contributed by atoms with van der Waals surface area (Å²) in [6, 6.07) is 5.36. The van der Waals surface area contributed by atoms with Crippen molar-refractivity contribution in [2.45, 2.75) is 23.8 Å². The topological polar surface area (TPSA) is 69.6 Å². The highest BCUT2D eigenvalue weighted by atomic mass is 32.2. The molecule has 1 heterocycles. The Labute approximate surface area is 118 Å². The number of sulfonamides is 1. The molecule has 0 bridgehead atoms. The molecule has 1 aliphatic rings. The molecule has 5 nitrogen and oxygen atoms in total. The summed E-state index contributed by atoms with van der Waals surface area (Å²) < 4.78 is 39.8. The fourth-order valence-corrected chi connectivity index (χ4v) is 3.91. The Morgan fingerprint density at radius 2 is 2.15 bits per heavy atom. The van der Waals surface area contributed by atoms with Crippen LogP contribution in [0.25, 0.3) is 0 Å². The van der Waals surface area contributed by atoms with Gasteiger partial charge in [0.05, 0.1) is 6.61 Å². The summed E-state index contributed by atoms with van der Waals surface area (Å²) in [5, 5.41) is 12.3. The molecule has 1 aliphatic heterocycles. The molecule has 0 saturated carbocycles. The van der Waals surface area contributed by atoms with Gasteiger partial charge >= 0.3 is 0 Å². The third kappa shape index (κ3) is 3.35. The van der Waals surface area contributed by atoms with Crippen molar-refractivity contribution in [1.82, 2.24) is 9.62 Å². The molecular formula is C13H19FN2O3S. The zero-order valence-corrected chi connectivity index (χ0v) is 11.9. The lowest BCUT2D eigenvalue weighted by atomic mass is 10.2. The van der Waals surface area contributed by atoms with Gasteiger partial charge in [-0.3, -0.25) is 0 Å². The SMILES string of the molecule is O=S(=O)(c1ccccc1F)N(CCO)CC1CCCN1. The molecule has 0 aromatic heterocycles. The van der Waals surface area contributed by atoms with E-state index in [1.807, 2.05) is 0 Å². The largest absolute Gasteiger partial charge is 0.395 e. The highest BCUT2D eigenvalue weighted by Gasteiger charge is 2.29. The van der Waals surface area contributed by atoms with Gasteiger partial charge < -0.3 is 10.4 Å². The van der Waals surface area contributed by atoms with E-state index < -0.39 is 15.8 Å². The summed E-state index contributed by atoms with van der Waals surface area (Å²) in [5.41, 5.74) is 0. The predicted octanol–water partition coefficient (Wildman–Crippen LogP) is 0.561. The number of aliphatic hydroxyl groups excluding tert-OH is 1. The summed E-state index contributed by atoms with van der Waals surface area (Å²) in [6.45, 7) is 0.782. The number of halogens is 1. The highest BCUT2D eigenvalue weighted by molar-refractivity contribution is 7.89. The molecule has 112 valence electrons. The van der Waals surface area contributed by atoms with Gasteiger partial charge in [0, 0.05) is 19.1 Å². The number of nitrogens with one attached hydrogen (secondary N) is 1. The van der Waals surface area contributed by atoms with E-state index in [2.05, 4.69) is 5.32 Å². The Kier molecular flexibility index (Phi) is 5.09. The lowest BCUT2D eigenvalue weighted by Crippen LogP contribution is -2.42. The van der Waals surface area contributed by atoms with E-state index in [0.29, 0.717) is 0 Å². The van der Waals surface area contributed by atoms with E-state index in [4.69, 9.17) is 5.11 Å². The highest BCUT2D eigenvalue weighted by Crippen LogP contribution is 2.20. The van der Waals surface area contributed by atoms with Crippen LogP contribution in [0.15, 0.2) is 29.2 Å². The van der Waals surface area contributed by atoms with E-state index in [9.17, 15) is 12.8 Å². The van der Waals surface area contributed by atoms with Crippen LogP contribution in [0.2, 0.25) is 0 Å². The van der Waals surface area contributed by atoms with Crippen molar-refractivity contribution in [2.24, 2.45) is 0 Å². The molecule has 0 amide bonds. The monoisotopic (exact) mass is 302 g/mol. The van der Waals surface area contributed by atoms with Crippen LogP contribution in [0.5, 0.6) is 0 Å². The Balaban J connectivity index is 2.24. The first kappa shape index (κ1) is 15.4. The molecule has 1 aromatic rings. The van der Waals surface area contributed by atoms with Crippen molar-refractivity contribution in [1.29, 1.82) is 0 Å². The normalized spacial score (nSPS) is 19.6. The zero-order valence-electron chi connectivity index (χ0n) is 11.1. The quantitative estimate of drug-likeness (QED) is 0.806. The molecule has 20 heavy (non-hydrogen) atoms. The molecule has 1 unspecified atom stereocenters. The van der Waals surface area contributed by atoms with Crippen LogP contribution in [0.3, 0.4) is 0 Å². The third-order valence-electron chi connectivity index (χ3n) is 3.39. The maximum absolute atomic E-state index is 13.7. The molecule has 1 aromatic carbocycles. The average Bonchev–Trinajstić information content (AvgIpc) is 2.91. The van der Waals surface area contributed by atoms with Crippen molar-refractivity contribution in [3.05, 3.63) is 30.1 Å². The van der Waals surface area contributed by atoms with Crippen molar-refractivity contribution >= 4 is 10.0 Å². The summed E-state index contributed by atoms with van der Waals surface area (Å²) >= 11 is 0. The summed E-state index contributed by atoms with van der Waals surface area (Å²) in [6.07, 6.45) is 1.88. The Morgan fingerprint density at radius 3 is 2.75 bits per heavy atom. The first-order chi connectivity index (χ1) is 9.55. The Bertz CT molecular complexity index is 544. The van der Waals surface area contributed by atoms with Crippen LogP contribution in [0.4, 0.5) is 4.39 Å². The number of nitrogens with zero attached hydrogens (tertiary/aromatic N) is 1. The molecule has 0 aliphatic carbocycles. The van der Waals surface area contributed by atoms with Gasteiger partial charge in [-0.1, -0.05) is 12.1 Å². The van der Waals surface area contributed by atoms with Gasteiger partial charge in [0.2, 0.25) is 10.0 Å². The van der Waals surface area contributed by atoms with Crippen LogP contribution in [0, 0.1) is 5.82 Å². The fraction of sp³-hybridized carbons (Fsp3) is 0.538. The van der Waals surface area contributed by atoms with Crippen LogP contribution in [-0.2, 0) is 10.0 Å². The first-order valence-corrected chi connectivity index (χ1v) is 8.08. The minimum absolute atomic E-state index is 0.0329. The minimum atomic E-state index is -3.92. The molecule has 2 N–H and O–H groups in total. The van der Waals surface area contributed by atoms with Gasteiger partial charge in [-0.15, -0.1) is 0 Å². The second kappa shape index (κ2) is 6.62. The standard InChI is InChI=1S/C13H19FN2O3S/c14-12-5-1-2-6-13(12)20(18,19)16(8-9-17)10-11-4-3-7-15-11/h1-2,5-6,11,15,17H,3-4,7-10H2. The maximum atomic E-state index is 13.7. The summed E-state index contributed by atoms with van der Waals surface area (Å²) in [4.78, 5) is -0.341. The van der Waals surface area contributed by atoms with Crippen LogP contribution in [0.1, 0.15) is 12.8 Å². The van der Waals surface area contributed by atoms with Crippen molar-refractivity contribution in [2.75, 3.05) is 26.2 Å². The van der Waals surface area contributed by atoms with Gasteiger partial charge in [0.1, 0.15) is 10.7 Å². The summed E-state index contributed by atoms with van der Waals surface area (Å²) in [7, 11) is -3.92. The predicted molar refractivity (Wildman–Crippen MR) is 73.3 cm³/mol. The van der Waals surface area contributed by atoms with E-state index >= 15 is 0 Å². The van der Waals surface area contributed by atoms with E-state index in [1.165, 1.54) is 18.2 Å². The second-order valence-corrected chi connectivity index (χ2v) is 6.72. The van der Waals surface area contributed by atoms with Crippen LogP contribution < -0.4 is 5.32 Å². The number of rotatable bonds is 6. The lowest BCUT2D eigenvalue weighted by Gasteiger charge is -2.24. The summed E-state index contributed by atoms with van der Waals surface area (Å²) in [5.74, 6) is -0.769. The lowest BCUT2D eigenvalue weighted by molar-refractivity contribution is 0.246. The molecule has 1 saturated heterocycles. The zero-order chi connectivity index (χ0) is 14.6. The fourth-order valence-electron chi connectivity index (χ4n) is 2.37. The van der Waals surface area contributed by atoms with E-state index in [1.54, 1.807) is 0 Å². The van der Waals surface area contributed by atoms with Gasteiger partial charge in [-0.25, -0.2) is 12.8 Å². The number of hydrogen-bond acceptors (Lipinski definition) is 4. The molecule has 0 spiro atoms. The number of benzene rings is 1. The first-order valence-electron chi connectivity index (χ1n) is 6.64. The molecular weight excluding hydrogens is 283 g/mol. The van der Waals surface area contributed by atoms with Gasteiger partial charge in [0.15, 0.2) is 0 Å². The maximum Gasteiger partial charge on any atom is 0.246 e. The molecule has 1 fully saturated rings. The van der Waals surface area contributed by atoms with Gasteiger partial charge in [0.25, 0.3) is 0 Å². The van der Waals surface area contributed by atoms with Crippen LogP contribution >= 0.6 is 0 Å². The van der Waals surface area contributed by atoms with Crippen molar-refractivity contribution in [3.8, 4) is 0 Å². The average molecular weight is 302 g/mol. The van der Waals surface area contributed by atoms with Gasteiger partial charge in [-0.05, 0) is 31.5 Å². The van der Waals surface area contributed by atoms with Gasteiger partial charge in [-0.2, -0.15) is 4.31 Å². The smallest absolute Gasteiger partial charge is 0.246 e. The second-order valence-electron chi connectivity index (χ2n) is 4.81. The minimum Gasteiger partial charge on any atom is -0.395 e. The third-order valence-corrected chi connectivity index (χ3v) is 5.29. The molecule has 7 heteroatoms. The Morgan fingerprint density at radius 1 is 1.40 bits per heavy atom. The van der Waals surface area contributed by atoms with Crippen molar-refractivity contribution < 1.29 is 17.9 Å². The number of hydrogen-bond donors (Lipinski definition) is 2. The van der Waals surface area contributed by atoms with Crippen LogP contribution in [-0.4, -0.2) is 50.1 Å². The van der Waals surface area contributed by atoms with Crippen molar-refractivity contribution in [3.63, 3.8) is 0 Å². The van der Waals surface area contributed by atoms with E-state index in [0.717, 1.165) is 29.8 Å². The van der Waals surface area contributed by atoms with E-state index in [-0.39, 0.29) is 30.6 Å². The molecule has 0 radical (unpaired) electrons.